The van der Waals surface area contributed by atoms with E-state index in [0.29, 0.717) is 18.3 Å². The van der Waals surface area contributed by atoms with Crippen LogP contribution in [0, 0.1) is 22.7 Å². The maximum atomic E-state index is 13.3. The number of hydrogen-bond donors (Lipinski definition) is 1. The number of carbonyl (C=O) groups is 1. The average Bonchev–Trinajstić information content (AvgIpc) is 2.32. The van der Waals surface area contributed by atoms with Crippen LogP contribution in [-0.2, 0) is 9.53 Å². The van der Waals surface area contributed by atoms with Crippen molar-refractivity contribution in [3.63, 3.8) is 0 Å². The summed E-state index contributed by atoms with van der Waals surface area (Å²) >= 11 is 0. The molecule has 0 aliphatic heterocycles. The van der Waals surface area contributed by atoms with Crippen LogP contribution in [0.15, 0.2) is 11.6 Å². The van der Waals surface area contributed by atoms with Crippen molar-refractivity contribution in [1.82, 2.24) is 0 Å². The number of allylic oxidation sites excluding steroid dienone is 1. The summed E-state index contributed by atoms with van der Waals surface area (Å²) < 4.78 is 6.26. The standard InChI is InChI=1S/C21H34O3/c1-14(2)8-19(6,18(3,4)5)17(22)24-21-11-15-7-16(12-21)10-20(23,9-15)13-21/h8,15-16,23H,7,9-13H2,1-6H3/t15-,16?,19?,20?,21?/m1/s1. The number of rotatable bonds is 3. The molecule has 4 unspecified atom stereocenters. The largest absolute Gasteiger partial charge is 0.458 e. The van der Waals surface area contributed by atoms with Crippen LogP contribution in [-0.4, -0.2) is 22.3 Å². The van der Waals surface area contributed by atoms with E-state index >= 15 is 0 Å². The van der Waals surface area contributed by atoms with E-state index in [1.54, 1.807) is 0 Å². The molecule has 5 atom stereocenters. The highest BCUT2D eigenvalue weighted by atomic mass is 16.6. The van der Waals surface area contributed by atoms with Gasteiger partial charge in [-0.05, 0) is 70.1 Å². The lowest BCUT2D eigenvalue weighted by atomic mass is 9.52. The van der Waals surface area contributed by atoms with Crippen molar-refractivity contribution < 1.29 is 14.6 Å². The minimum absolute atomic E-state index is 0.123. The summed E-state index contributed by atoms with van der Waals surface area (Å²) in [7, 11) is 0. The molecule has 0 radical (unpaired) electrons. The van der Waals surface area contributed by atoms with Gasteiger partial charge in [0.15, 0.2) is 0 Å². The van der Waals surface area contributed by atoms with Crippen molar-refractivity contribution in [3.05, 3.63) is 11.6 Å². The van der Waals surface area contributed by atoms with Gasteiger partial charge in [0.1, 0.15) is 5.60 Å². The third-order valence-corrected chi connectivity index (χ3v) is 6.85. The van der Waals surface area contributed by atoms with Crippen LogP contribution < -0.4 is 0 Å². The Morgan fingerprint density at radius 1 is 1.08 bits per heavy atom. The second-order valence-corrected chi connectivity index (χ2v) is 10.4. The van der Waals surface area contributed by atoms with Crippen molar-refractivity contribution in [1.29, 1.82) is 0 Å². The predicted molar refractivity (Wildman–Crippen MR) is 95.4 cm³/mol. The van der Waals surface area contributed by atoms with Gasteiger partial charge in [-0.15, -0.1) is 0 Å². The van der Waals surface area contributed by atoms with E-state index in [1.165, 1.54) is 6.42 Å². The zero-order valence-electron chi connectivity index (χ0n) is 16.2. The molecular weight excluding hydrogens is 300 g/mol. The molecule has 4 aliphatic rings. The van der Waals surface area contributed by atoms with Crippen molar-refractivity contribution in [3.8, 4) is 0 Å². The molecule has 1 N–H and O–H groups in total. The third kappa shape index (κ3) is 2.94. The Hall–Kier alpha value is -0.830. The summed E-state index contributed by atoms with van der Waals surface area (Å²) in [5.41, 5.74) is -0.775. The van der Waals surface area contributed by atoms with Gasteiger partial charge >= 0.3 is 5.97 Å². The van der Waals surface area contributed by atoms with Gasteiger partial charge in [-0.1, -0.05) is 32.4 Å². The summed E-state index contributed by atoms with van der Waals surface area (Å²) in [6.07, 6.45) is 7.56. The Balaban J connectivity index is 1.87. The fourth-order valence-electron chi connectivity index (χ4n) is 5.71. The van der Waals surface area contributed by atoms with Crippen molar-refractivity contribution in [2.75, 3.05) is 0 Å². The molecule has 4 bridgehead atoms. The lowest BCUT2D eigenvalue weighted by molar-refractivity contribution is -0.227. The van der Waals surface area contributed by atoms with E-state index in [1.807, 2.05) is 20.8 Å². The van der Waals surface area contributed by atoms with Crippen LogP contribution >= 0.6 is 0 Å². The highest BCUT2D eigenvalue weighted by Gasteiger charge is 2.60. The predicted octanol–water partition coefficient (Wildman–Crippen LogP) is 4.63. The number of ether oxygens (including phenoxy) is 1. The van der Waals surface area contributed by atoms with Gasteiger partial charge in [-0.3, -0.25) is 4.79 Å². The molecule has 0 amide bonds. The molecule has 0 aromatic heterocycles. The molecule has 4 saturated carbocycles. The van der Waals surface area contributed by atoms with Crippen LogP contribution in [0.5, 0.6) is 0 Å². The molecule has 4 rings (SSSR count). The van der Waals surface area contributed by atoms with Gasteiger partial charge in [-0.25, -0.2) is 0 Å². The number of esters is 1. The van der Waals surface area contributed by atoms with Gasteiger partial charge in [-0.2, -0.15) is 0 Å². The molecule has 136 valence electrons. The first kappa shape index (κ1) is 18.0. The maximum absolute atomic E-state index is 13.3. The highest BCUT2D eigenvalue weighted by molar-refractivity contribution is 5.80. The van der Waals surface area contributed by atoms with E-state index in [4.69, 9.17) is 4.74 Å². The van der Waals surface area contributed by atoms with Crippen LogP contribution in [0.25, 0.3) is 0 Å². The molecule has 0 aromatic rings. The second kappa shape index (κ2) is 5.33. The van der Waals surface area contributed by atoms with Crippen LogP contribution in [0.4, 0.5) is 0 Å². The van der Waals surface area contributed by atoms with Gasteiger partial charge in [0.25, 0.3) is 0 Å². The average molecular weight is 335 g/mol. The summed E-state index contributed by atoms with van der Waals surface area (Å²) in [6, 6.07) is 0. The number of aliphatic hydroxyl groups is 1. The lowest BCUT2D eigenvalue weighted by Gasteiger charge is -2.59. The van der Waals surface area contributed by atoms with E-state index in [2.05, 4.69) is 26.8 Å². The molecule has 3 nitrogen and oxygen atoms in total. The van der Waals surface area contributed by atoms with Gasteiger partial charge < -0.3 is 9.84 Å². The molecule has 3 heteroatoms. The Morgan fingerprint density at radius 2 is 1.62 bits per heavy atom. The molecular formula is C21H34O3. The number of hydrogen-bond acceptors (Lipinski definition) is 3. The summed E-state index contributed by atoms with van der Waals surface area (Å²) in [4.78, 5) is 13.3. The minimum Gasteiger partial charge on any atom is -0.458 e. The molecule has 0 saturated heterocycles. The first-order chi connectivity index (χ1) is 10.9. The summed E-state index contributed by atoms with van der Waals surface area (Å²) in [6.45, 7) is 12.4. The second-order valence-electron chi connectivity index (χ2n) is 10.4. The molecule has 0 heterocycles. The highest BCUT2D eigenvalue weighted by Crippen LogP contribution is 2.59. The number of carbonyl (C=O) groups excluding carboxylic acids is 1. The van der Waals surface area contributed by atoms with E-state index in [0.717, 1.165) is 31.3 Å². The van der Waals surface area contributed by atoms with Gasteiger partial charge in [0, 0.05) is 6.42 Å². The minimum atomic E-state index is -0.655. The molecule has 0 spiro atoms. The van der Waals surface area contributed by atoms with Crippen molar-refractivity contribution >= 4 is 5.97 Å². The first-order valence-electron chi connectivity index (χ1n) is 9.48. The molecule has 24 heavy (non-hydrogen) atoms. The van der Waals surface area contributed by atoms with E-state index < -0.39 is 16.6 Å². The quantitative estimate of drug-likeness (QED) is 0.604. The summed E-state index contributed by atoms with van der Waals surface area (Å²) in [5, 5.41) is 10.9. The smallest absolute Gasteiger partial charge is 0.316 e. The SMILES string of the molecule is CC(C)=CC(C)(C(=O)OC12CC3C[C@H](CC(O)(C3)C1)C2)C(C)(C)C. The lowest BCUT2D eigenvalue weighted by Crippen LogP contribution is -2.61. The zero-order valence-corrected chi connectivity index (χ0v) is 16.2. The molecule has 4 fully saturated rings. The topological polar surface area (TPSA) is 46.5 Å². The Bertz CT molecular complexity index is 550. The van der Waals surface area contributed by atoms with Gasteiger partial charge in [0.05, 0.1) is 11.0 Å². The van der Waals surface area contributed by atoms with Crippen LogP contribution in [0.2, 0.25) is 0 Å². The Morgan fingerprint density at radius 3 is 2.04 bits per heavy atom. The fourth-order valence-corrected chi connectivity index (χ4v) is 5.71. The maximum Gasteiger partial charge on any atom is 0.316 e. The normalized spacial score (nSPS) is 40.1. The van der Waals surface area contributed by atoms with Crippen LogP contribution in [0.1, 0.15) is 80.1 Å². The van der Waals surface area contributed by atoms with Crippen LogP contribution in [0.3, 0.4) is 0 Å². The zero-order chi connectivity index (χ0) is 18.0. The molecule has 0 aromatic carbocycles. The Kier molecular flexibility index (Phi) is 3.99. The van der Waals surface area contributed by atoms with Crippen molar-refractivity contribution in [2.24, 2.45) is 22.7 Å². The monoisotopic (exact) mass is 334 g/mol. The van der Waals surface area contributed by atoms with Gasteiger partial charge in [0.2, 0.25) is 0 Å². The summed E-state index contributed by atoms with van der Waals surface area (Å²) in [5.74, 6) is 0.920. The third-order valence-electron chi connectivity index (χ3n) is 6.85. The first-order valence-corrected chi connectivity index (χ1v) is 9.48. The van der Waals surface area contributed by atoms with E-state index in [9.17, 15) is 9.90 Å². The fraction of sp³-hybridized carbons (Fsp3) is 0.857. The van der Waals surface area contributed by atoms with Crippen molar-refractivity contribution in [2.45, 2.75) is 91.3 Å². The van der Waals surface area contributed by atoms with E-state index in [-0.39, 0.29) is 11.4 Å². The Labute approximate surface area is 146 Å². The molecule has 4 aliphatic carbocycles.